The Labute approximate surface area is 87.5 Å². The molecule has 0 fully saturated rings. The van der Waals surface area contributed by atoms with E-state index in [-0.39, 0.29) is 5.38 Å². The van der Waals surface area contributed by atoms with Crippen LogP contribution in [0.5, 0.6) is 0 Å². The van der Waals surface area contributed by atoms with Gasteiger partial charge in [0.25, 0.3) is 0 Å². The Morgan fingerprint density at radius 1 is 1.36 bits per heavy atom. The molecule has 2 N–H and O–H groups in total. The van der Waals surface area contributed by atoms with Crippen LogP contribution < -0.4 is 0 Å². The number of para-hydroxylation sites is 1. The predicted octanol–water partition coefficient (Wildman–Crippen LogP) is 2.83. The Morgan fingerprint density at radius 2 is 2.07 bits per heavy atom. The zero-order valence-corrected chi connectivity index (χ0v) is 8.62. The van der Waals surface area contributed by atoms with Crippen molar-refractivity contribution in [1.29, 1.82) is 0 Å². The summed E-state index contributed by atoms with van der Waals surface area (Å²) in [6.07, 6.45) is 1.20. The van der Waals surface area contributed by atoms with Crippen molar-refractivity contribution in [2.24, 2.45) is 0 Å². The Hall–Kier alpha value is -0.990. The molecule has 0 aliphatic carbocycles. The fraction of sp³-hybridized carbons (Fsp3) is 0.273. The van der Waals surface area contributed by atoms with Crippen molar-refractivity contribution in [1.82, 2.24) is 4.98 Å². The number of hydrogen-bond acceptors (Lipinski definition) is 1. The molecule has 0 saturated heterocycles. The van der Waals surface area contributed by atoms with Crippen molar-refractivity contribution in [3.05, 3.63) is 36.0 Å². The molecule has 0 aliphatic heterocycles. The summed E-state index contributed by atoms with van der Waals surface area (Å²) in [5.41, 5.74) is 1.89. The maximum atomic E-state index is 9.83. The molecule has 1 heterocycles. The molecule has 2 aromatic rings. The van der Waals surface area contributed by atoms with Gasteiger partial charge in [-0.2, -0.15) is 0 Å². The van der Waals surface area contributed by atoms with E-state index in [1.54, 1.807) is 6.92 Å². The van der Waals surface area contributed by atoms with Gasteiger partial charge in [0.1, 0.15) is 0 Å². The molecule has 0 aliphatic rings. The van der Waals surface area contributed by atoms with Crippen molar-refractivity contribution < 1.29 is 5.11 Å². The summed E-state index contributed by atoms with van der Waals surface area (Å²) in [6, 6.07) is 7.86. The monoisotopic (exact) mass is 209 g/mol. The summed E-state index contributed by atoms with van der Waals surface area (Å²) in [6.45, 7) is 1.79. The predicted molar refractivity (Wildman–Crippen MR) is 58.6 cm³/mol. The highest BCUT2D eigenvalue weighted by atomic mass is 35.5. The largest absolute Gasteiger partial charge is 0.387 e. The van der Waals surface area contributed by atoms with Crippen molar-refractivity contribution >= 4 is 22.5 Å². The maximum absolute atomic E-state index is 9.83. The van der Waals surface area contributed by atoms with Crippen LogP contribution in [0.2, 0.25) is 0 Å². The molecule has 74 valence electrons. The Balaban J connectivity index is 2.53. The first-order valence-corrected chi connectivity index (χ1v) is 5.02. The number of nitrogens with one attached hydrogen (secondary N) is 1. The quantitative estimate of drug-likeness (QED) is 0.734. The smallest absolute Gasteiger partial charge is 0.0971 e. The number of halogens is 1. The van der Waals surface area contributed by atoms with Gasteiger partial charge < -0.3 is 10.1 Å². The van der Waals surface area contributed by atoms with E-state index in [4.69, 9.17) is 11.6 Å². The number of rotatable bonds is 2. The topological polar surface area (TPSA) is 36.0 Å². The third-order valence-corrected chi connectivity index (χ3v) is 2.61. The zero-order chi connectivity index (χ0) is 10.1. The third-order valence-electron chi connectivity index (χ3n) is 2.37. The molecule has 14 heavy (non-hydrogen) atoms. The van der Waals surface area contributed by atoms with Gasteiger partial charge in [0.05, 0.1) is 11.5 Å². The molecule has 0 bridgehead atoms. The SMILES string of the molecule is CC(Cl)C(O)c1c[nH]c2ccccc12. The number of fused-ring (bicyclic) bond motifs is 1. The molecule has 0 saturated carbocycles. The van der Waals surface area contributed by atoms with Crippen LogP contribution in [-0.2, 0) is 0 Å². The first-order chi connectivity index (χ1) is 6.70. The number of aromatic nitrogens is 1. The van der Waals surface area contributed by atoms with Gasteiger partial charge in [-0.15, -0.1) is 11.6 Å². The highest BCUT2D eigenvalue weighted by molar-refractivity contribution is 6.20. The number of alkyl halides is 1. The van der Waals surface area contributed by atoms with Crippen LogP contribution in [0.1, 0.15) is 18.6 Å². The van der Waals surface area contributed by atoms with E-state index in [2.05, 4.69) is 4.98 Å². The fourth-order valence-corrected chi connectivity index (χ4v) is 1.72. The minimum Gasteiger partial charge on any atom is -0.387 e. The van der Waals surface area contributed by atoms with Gasteiger partial charge in [-0.05, 0) is 13.0 Å². The third kappa shape index (κ3) is 1.51. The normalized spacial score (nSPS) is 15.6. The van der Waals surface area contributed by atoms with Gasteiger partial charge in [0, 0.05) is 22.7 Å². The van der Waals surface area contributed by atoms with Crippen molar-refractivity contribution in [2.45, 2.75) is 18.4 Å². The molecular formula is C11H12ClNO. The molecule has 2 rings (SSSR count). The van der Waals surface area contributed by atoms with Crippen molar-refractivity contribution in [3.8, 4) is 0 Å². The van der Waals surface area contributed by atoms with Crippen molar-refractivity contribution in [3.63, 3.8) is 0 Å². The molecule has 0 radical (unpaired) electrons. The van der Waals surface area contributed by atoms with E-state index < -0.39 is 6.10 Å². The lowest BCUT2D eigenvalue weighted by molar-refractivity contribution is 0.179. The lowest BCUT2D eigenvalue weighted by atomic mass is 10.1. The van der Waals surface area contributed by atoms with Gasteiger partial charge in [-0.25, -0.2) is 0 Å². The average molecular weight is 210 g/mol. The minimum absolute atomic E-state index is 0.283. The van der Waals surface area contributed by atoms with E-state index in [1.165, 1.54) is 0 Å². The number of aliphatic hydroxyl groups excluding tert-OH is 1. The maximum Gasteiger partial charge on any atom is 0.0971 e. The van der Waals surface area contributed by atoms with E-state index in [9.17, 15) is 5.11 Å². The lowest BCUT2D eigenvalue weighted by Gasteiger charge is -2.11. The standard InChI is InChI=1S/C11H12ClNO/c1-7(12)11(14)9-6-13-10-5-3-2-4-8(9)10/h2-7,11,13-14H,1H3. The Morgan fingerprint density at radius 3 is 2.79 bits per heavy atom. The summed E-state index contributed by atoms with van der Waals surface area (Å²) in [5, 5.41) is 10.6. The molecular weight excluding hydrogens is 198 g/mol. The second-order valence-electron chi connectivity index (χ2n) is 3.41. The van der Waals surface area contributed by atoms with Gasteiger partial charge in [-0.1, -0.05) is 18.2 Å². The molecule has 0 amide bonds. The lowest BCUT2D eigenvalue weighted by Crippen LogP contribution is -2.07. The van der Waals surface area contributed by atoms with Crippen LogP contribution >= 0.6 is 11.6 Å². The van der Waals surface area contributed by atoms with Gasteiger partial charge in [-0.3, -0.25) is 0 Å². The Bertz CT molecular complexity index is 436. The minimum atomic E-state index is -0.618. The van der Waals surface area contributed by atoms with Gasteiger partial charge in [0.2, 0.25) is 0 Å². The molecule has 1 aromatic heterocycles. The highest BCUT2D eigenvalue weighted by Gasteiger charge is 2.17. The molecule has 0 spiro atoms. The molecule has 1 aromatic carbocycles. The first-order valence-electron chi connectivity index (χ1n) is 4.58. The van der Waals surface area contributed by atoms with Crippen LogP contribution in [0.25, 0.3) is 10.9 Å². The van der Waals surface area contributed by atoms with E-state index in [0.29, 0.717) is 0 Å². The van der Waals surface area contributed by atoms with E-state index >= 15 is 0 Å². The molecule has 2 unspecified atom stereocenters. The number of H-pyrrole nitrogens is 1. The molecule has 3 heteroatoms. The summed E-state index contributed by atoms with van der Waals surface area (Å²) < 4.78 is 0. The molecule has 2 nitrogen and oxygen atoms in total. The Kier molecular flexibility index (Phi) is 2.48. The zero-order valence-electron chi connectivity index (χ0n) is 7.87. The van der Waals surface area contributed by atoms with Crippen molar-refractivity contribution in [2.75, 3.05) is 0 Å². The van der Waals surface area contributed by atoms with Crippen LogP contribution in [0, 0.1) is 0 Å². The van der Waals surface area contributed by atoms with E-state index in [1.807, 2.05) is 30.5 Å². The summed E-state index contributed by atoms with van der Waals surface area (Å²) in [4.78, 5) is 3.11. The number of aliphatic hydroxyl groups is 1. The number of hydrogen-bond donors (Lipinski definition) is 2. The second kappa shape index (κ2) is 3.64. The summed E-state index contributed by atoms with van der Waals surface area (Å²) in [5.74, 6) is 0. The molecule has 2 atom stereocenters. The van der Waals surface area contributed by atoms with Crippen LogP contribution in [0.15, 0.2) is 30.5 Å². The van der Waals surface area contributed by atoms with Crippen LogP contribution in [0.4, 0.5) is 0 Å². The summed E-state index contributed by atoms with van der Waals surface area (Å²) in [7, 11) is 0. The number of benzene rings is 1. The van der Waals surface area contributed by atoms with Crippen LogP contribution in [-0.4, -0.2) is 15.5 Å². The van der Waals surface area contributed by atoms with Crippen LogP contribution in [0.3, 0.4) is 0 Å². The number of aromatic amines is 1. The second-order valence-corrected chi connectivity index (χ2v) is 4.10. The summed E-state index contributed by atoms with van der Waals surface area (Å²) >= 11 is 5.86. The average Bonchev–Trinajstić information content (AvgIpc) is 2.60. The van der Waals surface area contributed by atoms with E-state index in [0.717, 1.165) is 16.5 Å². The first kappa shape index (κ1) is 9.56. The van der Waals surface area contributed by atoms with Gasteiger partial charge >= 0.3 is 0 Å². The fourth-order valence-electron chi connectivity index (χ4n) is 1.59. The highest BCUT2D eigenvalue weighted by Crippen LogP contribution is 2.27. The van der Waals surface area contributed by atoms with Gasteiger partial charge in [0.15, 0.2) is 0 Å².